The Bertz CT molecular complexity index is 389. The van der Waals surface area contributed by atoms with Crippen molar-refractivity contribution >= 4 is 17.3 Å². The van der Waals surface area contributed by atoms with Crippen LogP contribution in [0.25, 0.3) is 0 Å². The van der Waals surface area contributed by atoms with Crippen LogP contribution in [0.2, 0.25) is 5.02 Å². The maximum absolute atomic E-state index is 8.97. The van der Waals surface area contributed by atoms with Gasteiger partial charge < -0.3 is 14.7 Å². The normalized spacial score (nSPS) is 16.9. The summed E-state index contributed by atoms with van der Waals surface area (Å²) in [5.41, 5.74) is 1.08. The van der Waals surface area contributed by atoms with Crippen LogP contribution in [0.15, 0.2) is 18.2 Å². The summed E-state index contributed by atoms with van der Waals surface area (Å²) in [7, 11) is 1.69. The summed E-state index contributed by atoms with van der Waals surface area (Å²) >= 11 is 6.06. The molecule has 0 aliphatic carbocycles. The average Bonchev–Trinajstić information content (AvgIpc) is 2.40. The molecule has 2 rings (SSSR count). The maximum atomic E-state index is 8.97. The fraction of sp³-hybridized carbons (Fsp3) is 0.571. The van der Waals surface area contributed by atoms with E-state index in [-0.39, 0.29) is 0 Å². The summed E-state index contributed by atoms with van der Waals surface area (Å²) in [6.45, 7) is 2.30. The number of halogens is 1. The second-order valence-corrected chi connectivity index (χ2v) is 5.20. The van der Waals surface area contributed by atoms with Crippen LogP contribution in [0.4, 0.5) is 5.69 Å². The molecule has 0 amide bonds. The average molecular weight is 270 g/mol. The Morgan fingerprint density at radius 1 is 1.39 bits per heavy atom. The number of aliphatic hydroxyl groups is 1. The zero-order valence-electron chi connectivity index (χ0n) is 10.7. The Morgan fingerprint density at radius 3 is 2.72 bits per heavy atom. The van der Waals surface area contributed by atoms with Crippen LogP contribution in [0, 0.1) is 5.92 Å². The Morgan fingerprint density at radius 2 is 2.11 bits per heavy atom. The molecule has 0 atom stereocenters. The highest BCUT2D eigenvalue weighted by atomic mass is 35.5. The molecule has 1 aliphatic rings. The van der Waals surface area contributed by atoms with Crippen LogP contribution in [-0.4, -0.2) is 31.9 Å². The van der Waals surface area contributed by atoms with Crippen molar-refractivity contribution in [1.82, 2.24) is 0 Å². The summed E-state index contributed by atoms with van der Waals surface area (Å²) in [6, 6.07) is 5.73. The second-order valence-electron chi connectivity index (χ2n) is 4.76. The minimum absolute atomic E-state index is 0.297. The van der Waals surface area contributed by atoms with Crippen molar-refractivity contribution in [2.24, 2.45) is 5.92 Å². The van der Waals surface area contributed by atoms with Gasteiger partial charge in [0.05, 0.1) is 12.8 Å². The summed E-state index contributed by atoms with van der Waals surface area (Å²) < 4.78 is 5.39. The number of methoxy groups -OCH3 is 1. The van der Waals surface area contributed by atoms with Crippen LogP contribution in [-0.2, 0) is 0 Å². The van der Waals surface area contributed by atoms with E-state index in [1.807, 2.05) is 18.2 Å². The van der Waals surface area contributed by atoms with Crippen molar-refractivity contribution < 1.29 is 9.84 Å². The number of rotatable bonds is 4. The third-order valence-corrected chi connectivity index (χ3v) is 3.87. The minimum atomic E-state index is 0.297. The predicted octanol–water partition coefficient (Wildman–Crippen LogP) is 2.95. The standard InChI is InChI=1S/C14H20ClNO2/c1-18-14-3-2-12(15)10-13(14)16-7-4-11(5-8-16)6-9-17/h2-3,10-11,17H,4-9H2,1H3. The molecule has 1 aromatic carbocycles. The topological polar surface area (TPSA) is 32.7 Å². The molecular formula is C14H20ClNO2. The summed E-state index contributed by atoms with van der Waals surface area (Å²) in [5.74, 6) is 1.52. The highest BCUT2D eigenvalue weighted by Crippen LogP contribution is 2.34. The monoisotopic (exact) mass is 269 g/mol. The highest BCUT2D eigenvalue weighted by Gasteiger charge is 2.21. The fourth-order valence-electron chi connectivity index (χ4n) is 2.56. The number of aliphatic hydroxyl groups excluding tert-OH is 1. The molecule has 1 N–H and O–H groups in total. The number of benzene rings is 1. The molecule has 18 heavy (non-hydrogen) atoms. The van der Waals surface area contributed by atoms with Crippen LogP contribution < -0.4 is 9.64 Å². The fourth-order valence-corrected chi connectivity index (χ4v) is 2.72. The third kappa shape index (κ3) is 3.09. The van der Waals surface area contributed by atoms with Gasteiger partial charge in [0.15, 0.2) is 0 Å². The summed E-state index contributed by atoms with van der Waals surface area (Å²) in [5, 5.41) is 9.71. The smallest absolute Gasteiger partial charge is 0.142 e. The van der Waals surface area contributed by atoms with Crippen molar-refractivity contribution in [1.29, 1.82) is 0 Å². The van der Waals surface area contributed by atoms with Gasteiger partial charge in [-0.2, -0.15) is 0 Å². The second kappa shape index (κ2) is 6.30. The number of ether oxygens (including phenoxy) is 1. The zero-order chi connectivity index (χ0) is 13.0. The molecule has 100 valence electrons. The lowest BCUT2D eigenvalue weighted by atomic mass is 9.93. The quantitative estimate of drug-likeness (QED) is 0.912. The molecule has 0 bridgehead atoms. The lowest BCUT2D eigenvalue weighted by Gasteiger charge is -2.34. The zero-order valence-corrected chi connectivity index (χ0v) is 11.5. The molecule has 4 heteroatoms. The van der Waals surface area contributed by atoms with Gasteiger partial charge in [0.25, 0.3) is 0 Å². The molecule has 0 unspecified atom stereocenters. The molecule has 3 nitrogen and oxygen atoms in total. The maximum Gasteiger partial charge on any atom is 0.142 e. The van der Waals surface area contributed by atoms with Gasteiger partial charge in [-0.05, 0) is 43.4 Å². The van der Waals surface area contributed by atoms with Crippen molar-refractivity contribution in [2.45, 2.75) is 19.3 Å². The first-order chi connectivity index (χ1) is 8.74. The molecule has 1 aromatic rings. The summed E-state index contributed by atoms with van der Waals surface area (Å²) in [6.07, 6.45) is 3.16. The molecule has 1 aliphatic heterocycles. The number of piperidine rings is 1. The Balaban J connectivity index is 2.06. The van der Waals surface area contributed by atoms with Gasteiger partial charge in [0.1, 0.15) is 5.75 Å². The molecule has 0 spiro atoms. The Hall–Kier alpha value is -0.930. The van der Waals surface area contributed by atoms with Gasteiger partial charge in [0.2, 0.25) is 0 Å². The molecule has 0 aromatic heterocycles. The predicted molar refractivity (Wildman–Crippen MR) is 74.6 cm³/mol. The first-order valence-electron chi connectivity index (χ1n) is 6.44. The van der Waals surface area contributed by atoms with Crippen molar-refractivity contribution in [3.63, 3.8) is 0 Å². The van der Waals surface area contributed by atoms with Gasteiger partial charge in [-0.15, -0.1) is 0 Å². The van der Waals surface area contributed by atoms with Gasteiger partial charge in [-0.3, -0.25) is 0 Å². The van der Waals surface area contributed by atoms with E-state index < -0.39 is 0 Å². The molecule has 0 radical (unpaired) electrons. The van der Waals surface area contributed by atoms with Crippen LogP contribution in [0.5, 0.6) is 5.75 Å². The Labute approximate surface area is 113 Å². The minimum Gasteiger partial charge on any atom is -0.495 e. The van der Waals surface area contributed by atoms with Gasteiger partial charge in [0, 0.05) is 24.7 Å². The van der Waals surface area contributed by atoms with E-state index in [2.05, 4.69) is 4.90 Å². The molecule has 1 saturated heterocycles. The van der Waals surface area contributed by atoms with Gasteiger partial charge in [-0.25, -0.2) is 0 Å². The SMILES string of the molecule is COc1ccc(Cl)cc1N1CCC(CCO)CC1. The van der Waals surface area contributed by atoms with Crippen molar-refractivity contribution in [3.05, 3.63) is 23.2 Å². The van der Waals surface area contributed by atoms with Gasteiger partial charge >= 0.3 is 0 Å². The van der Waals surface area contributed by atoms with E-state index in [1.54, 1.807) is 7.11 Å². The largest absolute Gasteiger partial charge is 0.495 e. The van der Waals surface area contributed by atoms with Crippen LogP contribution in [0.1, 0.15) is 19.3 Å². The van der Waals surface area contributed by atoms with Crippen LogP contribution in [0.3, 0.4) is 0 Å². The van der Waals surface area contributed by atoms with Gasteiger partial charge in [-0.1, -0.05) is 11.6 Å². The van der Waals surface area contributed by atoms with Crippen molar-refractivity contribution in [3.8, 4) is 5.75 Å². The summed E-state index contributed by atoms with van der Waals surface area (Å²) in [4.78, 5) is 2.32. The Kier molecular flexibility index (Phi) is 4.72. The molecule has 1 fully saturated rings. The lowest BCUT2D eigenvalue weighted by Crippen LogP contribution is -2.34. The highest BCUT2D eigenvalue weighted by molar-refractivity contribution is 6.30. The molecule has 0 saturated carbocycles. The van der Waals surface area contributed by atoms with E-state index >= 15 is 0 Å². The van der Waals surface area contributed by atoms with Crippen molar-refractivity contribution in [2.75, 3.05) is 31.7 Å². The number of nitrogens with zero attached hydrogens (tertiary/aromatic N) is 1. The van der Waals surface area contributed by atoms with Crippen LogP contribution >= 0.6 is 11.6 Å². The van der Waals surface area contributed by atoms with E-state index in [4.69, 9.17) is 21.4 Å². The number of hydrogen-bond donors (Lipinski definition) is 1. The van der Waals surface area contributed by atoms with E-state index in [1.165, 1.54) is 0 Å². The number of hydrogen-bond acceptors (Lipinski definition) is 3. The number of anilines is 1. The first kappa shape index (κ1) is 13.5. The van der Waals surface area contributed by atoms with E-state index in [0.29, 0.717) is 12.5 Å². The third-order valence-electron chi connectivity index (χ3n) is 3.63. The molecule has 1 heterocycles. The molecular weight excluding hydrogens is 250 g/mol. The van der Waals surface area contributed by atoms with E-state index in [0.717, 1.165) is 48.8 Å². The lowest BCUT2D eigenvalue weighted by molar-refractivity contribution is 0.240. The van der Waals surface area contributed by atoms with E-state index in [9.17, 15) is 0 Å². The first-order valence-corrected chi connectivity index (χ1v) is 6.81.